The van der Waals surface area contributed by atoms with Gasteiger partial charge >= 0.3 is 5.71 Å². The van der Waals surface area contributed by atoms with Gasteiger partial charge in [0.2, 0.25) is 5.76 Å². The van der Waals surface area contributed by atoms with Gasteiger partial charge in [-0.25, -0.2) is 0 Å². The first-order valence-corrected chi connectivity index (χ1v) is 6.30. The Bertz CT molecular complexity index is 656. The van der Waals surface area contributed by atoms with Crippen LogP contribution in [0.3, 0.4) is 0 Å². The van der Waals surface area contributed by atoms with Crippen molar-refractivity contribution in [1.82, 2.24) is 5.32 Å². The second-order valence-electron chi connectivity index (χ2n) is 4.30. The number of carbonyl (C=O) groups excluding carboxylic acids is 1. The number of carbonyl (C=O) groups is 1. The van der Waals surface area contributed by atoms with Gasteiger partial charge in [0.15, 0.2) is 0 Å². The molecular formula is C15H15N3O3. The van der Waals surface area contributed by atoms with Crippen LogP contribution in [0.25, 0.3) is 5.53 Å². The molecule has 6 heteroatoms. The van der Waals surface area contributed by atoms with E-state index in [1.165, 1.54) is 14.2 Å². The Kier molecular flexibility index (Phi) is 4.53. The molecule has 1 amide bonds. The quantitative estimate of drug-likeness (QED) is 0.677. The Labute approximate surface area is 122 Å². The van der Waals surface area contributed by atoms with E-state index in [2.05, 4.69) is 10.1 Å². The first-order chi connectivity index (χ1) is 10.2. The average Bonchev–Trinajstić information content (AvgIpc) is 2.55. The molecule has 1 aliphatic carbocycles. The summed E-state index contributed by atoms with van der Waals surface area (Å²) in [6.45, 7) is 0. The van der Waals surface area contributed by atoms with E-state index in [4.69, 9.17) is 15.0 Å². The van der Waals surface area contributed by atoms with E-state index in [0.29, 0.717) is 28.5 Å². The van der Waals surface area contributed by atoms with Gasteiger partial charge in [-0.3, -0.25) is 4.79 Å². The summed E-state index contributed by atoms with van der Waals surface area (Å²) in [5.41, 5.74) is 10.3. The molecule has 1 aromatic rings. The Balaban J connectivity index is 2.29. The summed E-state index contributed by atoms with van der Waals surface area (Å²) in [6.07, 6.45) is 1.80. The van der Waals surface area contributed by atoms with E-state index in [1.54, 1.807) is 30.3 Å². The number of ether oxygens (including phenoxy) is 2. The third-order valence-corrected chi connectivity index (χ3v) is 3.06. The molecule has 1 aromatic carbocycles. The molecule has 0 atom stereocenters. The van der Waals surface area contributed by atoms with Gasteiger partial charge in [-0.05, 0) is 12.1 Å². The van der Waals surface area contributed by atoms with Gasteiger partial charge in [-0.15, -0.1) is 0 Å². The first kappa shape index (κ1) is 14.6. The second kappa shape index (κ2) is 6.54. The van der Waals surface area contributed by atoms with Crippen LogP contribution < -0.4 is 5.32 Å². The van der Waals surface area contributed by atoms with E-state index in [9.17, 15) is 4.79 Å². The molecule has 21 heavy (non-hydrogen) atoms. The largest absolute Gasteiger partial charge is 0.498 e. The van der Waals surface area contributed by atoms with Crippen molar-refractivity contribution in [1.29, 1.82) is 0 Å². The average molecular weight is 285 g/mol. The zero-order valence-electron chi connectivity index (χ0n) is 11.8. The van der Waals surface area contributed by atoms with Gasteiger partial charge in [-0.2, -0.15) is 4.79 Å². The standard InChI is InChI=1S/C15H15N3O3/c1-20-13-9-12(18-16)14(21-2)8-11(13)17-15(19)10-6-4-3-5-7-10/h3-8H,9H2,1-2H3,(H,17,19). The molecule has 0 bridgehead atoms. The summed E-state index contributed by atoms with van der Waals surface area (Å²) in [7, 11) is 2.95. The van der Waals surface area contributed by atoms with Crippen molar-refractivity contribution < 1.29 is 19.1 Å². The van der Waals surface area contributed by atoms with Crippen LogP contribution >= 0.6 is 0 Å². The molecule has 108 valence electrons. The van der Waals surface area contributed by atoms with Gasteiger partial charge < -0.3 is 20.3 Å². The number of rotatable bonds is 4. The van der Waals surface area contributed by atoms with Crippen LogP contribution in [0, 0.1) is 0 Å². The summed E-state index contributed by atoms with van der Waals surface area (Å²) in [5, 5.41) is 2.77. The lowest BCUT2D eigenvalue weighted by atomic mass is 10.1. The maximum absolute atomic E-state index is 12.2. The van der Waals surface area contributed by atoms with Crippen molar-refractivity contribution in [3.63, 3.8) is 0 Å². The van der Waals surface area contributed by atoms with Crippen molar-refractivity contribution >= 4 is 11.6 Å². The minimum Gasteiger partial charge on any atom is -0.498 e. The van der Waals surface area contributed by atoms with Crippen LogP contribution in [-0.2, 0) is 9.47 Å². The second-order valence-corrected chi connectivity index (χ2v) is 4.30. The molecule has 0 saturated carbocycles. The molecule has 1 aliphatic rings. The third-order valence-electron chi connectivity index (χ3n) is 3.06. The van der Waals surface area contributed by atoms with Gasteiger partial charge in [0.05, 0.1) is 19.9 Å². The molecule has 1 N–H and O–H groups in total. The zero-order valence-corrected chi connectivity index (χ0v) is 11.8. The minimum atomic E-state index is -0.253. The Morgan fingerprint density at radius 3 is 2.52 bits per heavy atom. The highest BCUT2D eigenvalue weighted by Gasteiger charge is 2.28. The van der Waals surface area contributed by atoms with E-state index < -0.39 is 0 Å². The monoisotopic (exact) mass is 285 g/mol. The number of nitrogens with zero attached hydrogens (tertiary/aromatic N) is 2. The normalized spacial score (nSPS) is 14.2. The van der Waals surface area contributed by atoms with Crippen LogP contribution in [-0.4, -0.2) is 30.6 Å². The fourth-order valence-corrected chi connectivity index (χ4v) is 1.96. The van der Waals surface area contributed by atoms with Crippen LogP contribution in [0.2, 0.25) is 0 Å². The number of nitrogens with one attached hydrogen (secondary N) is 1. The maximum atomic E-state index is 12.2. The molecule has 0 saturated heterocycles. The van der Waals surface area contributed by atoms with Crippen LogP contribution in [0.1, 0.15) is 16.8 Å². The fraction of sp³-hybridized carbons (Fsp3) is 0.200. The fourth-order valence-electron chi connectivity index (χ4n) is 1.96. The summed E-state index contributed by atoms with van der Waals surface area (Å²) in [6, 6.07) is 8.84. The Morgan fingerprint density at radius 2 is 1.95 bits per heavy atom. The van der Waals surface area contributed by atoms with Crippen molar-refractivity contribution in [2.24, 2.45) is 0 Å². The summed E-state index contributed by atoms with van der Waals surface area (Å²) in [5.74, 6) is 0.616. The molecule has 2 rings (SSSR count). The summed E-state index contributed by atoms with van der Waals surface area (Å²) >= 11 is 0. The minimum absolute atomic E-state index is 0.233. The topological polar surface area (TPSA) is 84.0 Å². The molecule has 0 radical (unpaired) electrons. The highest BCUT2D eigenvalue weighted by atomic mass is 16.5. The highest BCUT2D eigenvalue weighted by Crippen LogP contribution is 2.21. The summed E-state index contributed by atoms with van der Waals surface area (Å²) in [4.78, 5) is 15.3. The molecule has 0 aliphatic heterocycles. The third kappa shape index (κ3) is 3.19. The van der Waals surface area contributed by atoms with Crippen molar-refractivity contribution in [3.8, 4) is 0 Å². The molecule has 0 fully saturated rings. The van der Waals surface area contributed by atoms with Crippen LogP contribution in [0.4, 0.5) is 0 Å². The van der Waals surface area contributed by atoms with E-state index in [0.717, 1.165) is 0 Å². The van der Waals surface area contributed by atoms with Gasteiger partial charge in [-0.1, -0.05) is 18.2 Å². The number of benzene rings is 1. The summed E-state index contributed by atoms with van der Waals surface area (Å²) < 4.78 is 10.4. The SMILES string of the molecule is COC1=CC(NC(=O)c2ccccc2)=C(OC)CC1=[N+]=[N-]. The predicted molar refractivity (Wildman–Crippen MR) is 76.3 cm³/mol. The van der Waals surface area contributed by atoms with Crippen molar-refractivity contribution in [3.05, 3.63) is 64.7 Å². The van der Waals surface area contributed by atoms with Crippen LogP contribution in [0.5, 0.6) is 0 Å². The smallest absolute Gasteiger partial charge is 0.340 e. The predicted octanol–water partition coefficient (Wildman–Crippen LogP) is 1.88. The van der Waals surface area contributed by atoms with E-state index in [-0.39, 0.29) is 12.3 Å². The lowest BCUT2D eigenvalue weighted by Crippen LogP contribution is -2.27. The van der Waals surface area contributed by atoms with Gasteiger partial charge in [0.25, 0.3) is 5.91 Å². The van der Waals surface area contributed by atoms with E-state index in [1.807, 2.05) is 6.07 Å². The Hall–Kier alpha value is -2.85. The number of amides is 1. The Morgan fingerprint density at radius 1 is 1.24 bits per heavy atom. The van der Waals surface area contributed by atoms with Gasteiger partial charge in [0.1, 0.15) is 12.2 Å². The number of methoxy groups -OCH3 is 2. The first-order valence-electron chi connectivity index (χ1n) is 6.30. The lowest BCUT2D eigenvalue weighted by molar-refractivity contribution is -0.0123. The van der Waals surface area contributed by atoms with Crippen LogP contribution in [0.15, 0.2) is 53.6 Å². The van der Waals surface area contributed by atoms with Crippen molar-refractivity contribution in [2.45, 2.75) is 6.42 Å². The van der Waals surface area contributed by atoms with Gasteiger partial charge in [0, 0.05) is 11.6 Å². The number of allylic oxidation sites excluding steroid dienone is 3. The number of hydrogen-bond acceptors (Lipinski definition) is 3. The zero-order chi connectivity index (χ0) is 15.2. The highest BCUT2D eigenvalue weighted by molar-refractivity contribution is 5.99. The van der Waals surface area contributed by atoms with Crippen molar-refractivity contribution in [2.75, 3.05) is 14.2 Å². The molecule has 0 spiro atoms. The molecule has 0 aromatic heterocycles. The lowest BCUT2D eigenvalue weighted by Gasteiger charge is -2.16. The molecule has 0 unspecified atom stereocenters. The molecular weight excluding hydrogens is 270 g/mol. The maximum Gasteiger partial charge on any atom is 0.340 e. The van der Waals surface area contributed by atoms with E-state index >= 15 is 0 Å². The molecule has 0 heterocycles. The number of hydrogen-bond donors (Lipinski definition) is 1. The molecule has 6 nitrogen and oxygen atoms in total.